The first kappa shape index (κ1) is 19.5. The molecular weight excluding hydrogens is 368 g/mol. The highest BCUT2D eigenvalue weighted by Crippen LogP contribution is 2.27. The van der Waals surface area contributed by atoms with Crippen LogP contribution in [0.3, 0.4) is 0 Å². The molecule has 2 heterocycles. The maximum atomic E-state index is 12.3. The molecule has 0 aliphatic carbocycles. The summed E-state index contributed by atoms with van der Waals surface area (Å²) in [4.78, 5) is 32.1. The van der Waals surface area contributed by atoms with Crippen molar-refractivity contribution >= 4 is 34.6 Å². The van der Waals surface area contributed by atoms with Crippen LogP contribution in [0, 0.1) is 16.0 Å². The van der Waals surface area contributed by atoms with Crippen molar-refractivity contribution in [2.75, 3.05) is 18.8 Å². The zero-order valence-electron chi connectivity index (χ0n) is 15.7. The molecule has 1 aromatic carbocycles. The Kier molecular flexibility index (Phi) is 5.59. The molecule has 3 rings (SSSR count). The summed E-state index contributed by atoms with van der Waals surface area (Å²) in [6, 6.07) is 4.60. The van der Waals surface area contributed by atoms with Crippen molar-refractivity contribution in [3.63, 3.8) is 0 Å². The summed E-state index contributed by atoms with van der Waals surface area (Å²) >= 11 is 1.58. The fourth-order valence-corrected chi connectivity index (χ4v) is 4.06. The molecule has 0 unspecified atom stereocenters. The van der Waals surface area contributed by atoms with Gasteiger partial charge in [-0.3, -0.25) is 10.1 Å². The van der Waals surface area contributed by atoms with Gasteiger partial charge in [0, 0.05) is 31.0 Å². The molecule has 1 aliphatic rings. The molecule has 1 fully saturated rings. The minimum absolute atomic E-state index is 0.0444. The number of rotatable bonds is 4. The zero-order chi connectivity index (χ0) is 19.6. The average Bonchev–Trinajstić information content (AvgIpc) is 3.00. The summed E-state index contributed by atoms with van der Waals surface area (Å²) < 4.78 is 5.47. The zero-order valence-corrected chi connectivity index (χ0v) is 16.5. The highest BCUT2D eigenvalue weighted by Gasteiger charge is 2.27. The second-order valence-corrected chi connectivity index (χ2v) is 8.75. The molecule has 8 nitrogen and oxygen atoms in total. The third-order valence-corrected chi connectivity index (χ3v) is 5.39. The highest BCUT2D eigenvalue weighted by atomic mass is 32.2. The Balaban J connectivity index is 1.58. The van der Waals surface area contributed by atoms with Gasteiger partial charge in [-0.2, -0.15) is 0 Å². The Bertz CT molecular complexity index is 845. The number of amides is 1. The molecule has 9 heteroatoms. The second kappa shape index (κ2) is 7.75. The number of H-pyrrole nitrogens is 1. The number of nitrogens with one attached hydrogen (secondary N) is 1. The van der Waals surface area contributed by atoms with E-state index in [-0.39, 0.29) is 11.8 Å². The Labute approximate surface area is 161 Å². The van der Waals surface area contributed by atoms with Gasteiger partial charge in [-0.15, -0.1) is 0 Å². The largest absolute Gasteiger partial charge is 0.444 e. The van der Waals surface area contributed by atoms with E-state index in [9.17, 15) is 14.9 Å². The second-order valence-electron chi connectivity index (χ2n) is 7.75. The maximum Gasteiger partial charge on any atom is 0.410 e. The summed E-state index contributed by atoms with van der Waals surface area (Å²) in [5.41, 5.74) is 0.922. The Morgan fingerprint density at radius 2 is 2.26 bits per heavy atom. The van der Waals surface area contributed by atoms with Crippen LogP contribution in [0.1, 0.15) is 33.6 Å². The molecule has 0 bridgehead atoms. The molecule has 2 aromatic rings. The number of thioether (sulfide) groups is 1. The first-order valence-corrected chi connectivity index (χ1v) is 9.95. The van der Waals surface area contributed by atoms with Gasteiger partial charge in [0.05, 0.1) is 16.0 Å². The number of hydrogen-bond acceptors (Lipinski definition) is 6. The van der Waals surface area contributed by atoms with Crippen molar-refractivity contribution in [3.05, 3.63) is 28.3 Å². The van der Waals surface area contributed by atoms with E-state index in [2.05, 4.69) is 9.97 Å². The first-order valence-electron chi connectivity index (χ1n) is 8.96. The summed E-state index contributed by atoms with van der Waals surface area (Å²) in [6.07, 6.45) is 1.75. The van der Waals surface area contributed by atoms with Gasteiger partial charge in [0.25, 0.3) is 5.69 Å². The van der Waals surface area contributed by atoms with Gasteiger partial charge < -0.3 is 14.6 Å². The van der Waals surface area contributed by atoms with Crippen molar-refractivity contribution in [2.45, 2.75) is 44.4 Å². The van der Waals surface area contributed by atoms with Crippen LogP contribution in [-0.4, -0.2) is 50.3 Å². The van der Waals surface area contributed by atoms with Gasteiger partial charge in [0.15, 0.2) is 5.16 Å². The molecule has 0 spiro atoms. The number of non-ortho nitro benzene ring substituents is 1. The van der Waals surface area contributed by atoms with Crippen LogP contribution in [-0.2, 0) is 4.74 Å². The number of likely N-dealkylation sites (tertiary alicyclic amines) is 1. The van der Waals surface area contributed by atoms with E-state index in [0.717, 1.165) is 30.3 Å². The van der Waals surface area contributed by atoms with Crippen LogP contribution in [0.25, 0.3) is 11.0 Å². The number of aromatic nitrogens is 2. The van der Waals surface area contributed by atoms with E-state index in [1.54, 1.807) is 22.7 Å². The minimum Gasteiger partial charge on any atom is -0.444 e. The Morgan fingerprint density at radius 3 is 2.96 bits per heavy atom. The normalized spacial score (nSPS) is 17.9. The Morgan fingerprint density at radius 1 is 1.48 bits per heavy atom. The van der Waals surface area contributed by atoms with Crippen LogP contribution in [0.2, 0.25) is 0 Å². The molecular formula is C18H24N4O4S. The minimum atomic E-state index is -0.490. The van der Waals surface area contributed by atoms with Gasteiger partial charge in [-0.1, -0.05) is 11.8 Å². The quantitative estimate of drug-likeness (QED) is 0.475. The number of piperidine rings is 1. The number of aromatic amines is 1. The van der Waals surface area contributed by atoms with Crippen molar-refractivity contribution in [3.8, 4) is 0 Å². The number of nitro benzene ring substituents is 1. The third-order valence-electron chi connectivity index (χ3n) is 4.28. The van der Waals surface area contributed by atoms with Crippen LogP contribution >= 0.6 is 11.8 Å². The van der Waals surface area contributed by atoms with Crippen molar-refractivity contribution in [1.82, 2.24) is 14.9 Å². The third kappa shape index (κ3) is 5.12. The van der Waals surface area contributed by atoms with Crippen LogP contribution < -0.4 is 0 Å². The number of imidazole rings is 1. The lowest BCUT2D eigenvalue weighted by Crippen LogP contribution is -2.43. The van der Waals surface area contributed by atoms with Gasteiger partial charge in [-0.05, 0) is 45.6 Å². The van der Waals surface area contributed by atoms with E-state index in [1.807, 2.05) is 20.8 Å². The molecule has 146 valence electrons. The predicted octanol–water partition coefficient (Wildman–Crippen LogP) is 4.21. The SMILES string of the molecule is CC(C)(C)OC(=O)N1CCC[C@H](CSc2nc3ccc([N+](=O)[O-])cc3[nH]2)C1. The average molecular weight is 392 g/mol. The first-order chi connectivity index (χ1) is 12.7. The van der Waals surface area contributed by atoms with Gasteiger partial charge in [0.1, 0.15) is 5.60 Å². The topological polar surface area (TPSA) is 101 Å². The van der Waals surface area contributed by atoms with Crippen molar-refractivity contribution < 1.29 is 14.5 Å². The monoisotopic (exact) mass is 392 g/mol. The summed E-state index contributed by atoms with van der Waals surface area (Å²) in [5, 5.41) is 11.6. The number of carbonyl (C=O) groups is 1. The van der Waals surface area contributed by atoms with E-state index >= 15 is 0 Å². The molecule has 1 amide bonds. The molecule has 1 aromatic heterocycles. The lowest BCUT2D eigenvalue weighted by Gasteiger charge is -2.33. The number of ether oxygens (including phenoxy) is 1. The molecule has 1 saturated heterocycles. The smallest absolute Gasteiger partial charge is 0.410 e. The van der Waals surface area contributed by atoms with E-state index in [4.69, 9.17) is 4.74 Å². The predicted molar refractivity (Wildman–Crippen MR) is 104 cm³/mol. The van der Waals surface area contributed by atoms with Crippen LogP contribution in [0.15, 0.2) is 23.4 Å². The number of nitrogens with zero attached hydrogens (tertiary/aromatic N) is 3. The molecule has 0 saturated carbocycles. The molecule has 0 radical (unpaired) electrons. The van der Waals surface area contributed by atoms with Gasteiger partial charge in [0.2, 0.25) is 0 Å². The number of fused-ring (bicyclic) bond motifs is 1. The fourth-order valence-electron chi connectivity index (χ4n) is 3.05. The summed E-state index contributed by atoms with van der Waals surface area (Å²) in [7, 11) is 0. The standard InChI is InChI=1S/C18H24N4O4S/c1-18(2,3)26-17(23)21-8-4-5-12(10-21)11-27-16-19-14-7-6-13(22(24)25)9-15(14)20-16/h6-7,9,12H,4-5,8,10-11H2,1-3H3,(H,19,20)/t12-/m0/s1. The summed E-state index contributed by atoms with van der Waals surface area (Å²) in [6.45, 7) is 7.01. The molecule has 1 N–H and O–H groups in total. The lowest BCUT2D eigenvalue weighted by molar-refractivity contribution is -0.384. The van der Waals surface area contributed by atoms with E-state index in [0.29, 0.717) is 23.5 Å². The Hall–Kier alpha value is -2.29. The van der Waals surface area contributed by atoms with E-state index < -0.39 is 10.5 Å². The van der Waals surface area contributed by atoms with Crippen LogP contribution in [0.4, 0.5) is 10.5 Å². The molecule has 1 aliphatic heterocycles. The summed E-state index contributed by atoms with van der Waals surface area (Å²) in [5.74, 6) is 1.18. The van der Waals surface area contributed by atoms with Gasteiger partial charge in [-0.25, -0.2) is 9.78 Å². The molecule has 27 heavy (non-hydrogen) atoms. The van der Waals surface area contributed by atoms with Crippen molar-refractivity contribution in [2.24, 2.45) is 5.92 Å². The molecule has 1 atom stereocenters. The maximum absolute atomic E-state index is 12.3. The van der Waals surface area contributed by atoms with Gasteiger partial charge >= 0.3 is 6.09 Å². The highest BCUT2D eigenvalue weighted by molar-refractivity contribution is 7.99. The van der Waals surface area contributed by atoms with E-state index in [1.165, 1.54) is 12.1 Å². The fraction of sp³-hybridized carbons (Fsp3) is 0.556. The van der Waals surface area contributed by atoms with Crippen molar-refractivity contribution in [1.29, 1.82) is 0 Å². The number of hydrogen-bond donors (Lipinski definition) is 1. The van der Waals surface area contributed by atoms with Crippen LogP contribution in [0.5, 0.6) is 0 Å². The number of benzene rings is 1. The number of carbonyl (C=O) groups excluding carboxylic acids is 1. The number of nitro groups is 1. The lowest BCUT2D eigenvalue weighted by atomic mass is 10.0.